The molecule has 0 unspecified atom stereocenters. The van der Waals surface area contributed by atoms with E-state index in [2.05, 4.69) is 5.32 Å². The Morgan fingerprint density at radius 2 is 1.84 bits per heavy atom. The minimum absolute atomic E-state index is 0.285. The van der Waals surface area contributed by atoms with Crippen LogP contribution in [0.3, 0.4) is 0 Å². The Morgan fingerprint density at radius 1 is 1.03 bits per heavy atom. The Labute approximate surface area is 196 Å². The predicted molar refractivity (Wildman–Crippen MR) is 129 cm³/mol. The monoisotopic (exact) mass is 466 g/mol. The lowest BCUT2D eigenvalue weighted by molar-refractivity contribution is -0.136. The van der Waals surface area contributed by atoms with Gasteiger partial charge < -0.3 is 10.1 Å². The number of nitrogens with zero attached hydrogens (tertiary/aromatic N) is 1. The third-order valence-corrected chi connectivity index (χ3v) is 6.19. The van der Waals surface area contributed by atoms with Crippen LogP contribution in [0.1, 0.15) is 23.8 Å². The zero-order valence-corrected chi connectivity index (χ0v) is 19.2. The molecule has 0 fully saturated rings. The van der Waals surface area contributed by atoms with Crippen LogP contribution in [-0.4, -0.2) is 29.9 Å². The summed E-state index contributed by atoms with van der Waals surface area (Å²) in [4.78, 5) is 28.6. The summed E-state index contributed by atoms with van der Waals surface area (Å²) >= 11 is 7.39. The van der Waals surface area contributed by atoms with Crippen LogP contribution in [0.4, 0.5) is 5.69 Å². The number of rotatable bonds is 9. The van der Waals surface area contributed by atoms with Crippen LogP contribution in [0.5, 0.6) is 5.75 Å². The van der Waals surface area contributed by atoms with Crippen LogP contribution < -0.4 is 10.1 Å². The molecule has 4 rings (SSSR count). The molecule has 0 atom stereocenters. The summed E-state index contributed by atoms with van der Waals surface area (Å²) in [5.74, 6) is 0.103. The zero-order chi connectivity index (χ0) is 22.5. The van der Waals surface area contributed by atoms with Crippen LogP contribution in [-0.2, 0) is 16.0 Å². The molecule has 5 nitrogen and oxygen atoms in total. The maximum Gasteiger partial charge on any atom is 0.278 e. The van der Waals surface area contributed by atoms with Gasteiger partial charge in [0.05, 0.1) is 12.2 Å². The number of thiophene rings is 1. The van der Waals surface area contributed by atoms with Crippen LogP contribution in [0.15, 0.2) is 71.7 Å². The summed E-state index contributed by atoms with van der Waals surface area (Å²) in [6.45, 7) is 2.95. The summed E-state index contributed by atoms with van der Waals surface area (Å²) < 4.78 is 5.70. The number of hydrogen-bond acceptors (Lipinski definition) is 5. The van der Waals surface area contributed by atoms with E-state index in [1.807, 2.05) is 60.8 Å². The maximum absolute atomic E-state index is 13.3. The third kappa shape index (κ3) is 4.87. The molecule has 0 radical (unpaired) electrons. The summed E-state index contributed by atoms with van der Waals surface area (Å²) in [5.41, 5.74) is 2.40. The largest absolute Gasteiger partial charge is 0.494 e. The number of amides is 2. The Bertz CT molecular complexity index is 1140. The molecule has 2 aromatic carbocycles. The minimum atomic E-state index is -0.327. The van der Waals surface area contributed by atoms with Gasteiger partial charge in [-0.15, -0.1) is 11.3 Å². The minimum Gasteiger partial charge on any atom is -0.494 e. The van der Waals surface area contributed by atoms with Gasteiger partial charge in [0.1, 0.15) is 11.4 Å². The smallest absolute Gasteiger partial charge is 0.278 e. The van der Waals surface area contributed by atoms with Gasteiger partial charge in [-0.05, 0) is 54.1 Å². The maximum atomic E-state index is 13.3. The number of carbonyl (C=O) groups excluding carboxylic acids is 2. The van der Waals surface area contributed by atoms with Crippen LogP contribution in [0.25, 0.3) is 5.57 Å². The fraction of sp³-hybridized carbons (Fsp3) is 0.200. The van der Waals surface area contributed by atoms with Crippen molar-refractivity contribution in [1.82, 2.24) is 4.90 Å². The highest BCUT2D eigenvalue weighted by Crippen LogP contribution is 2.33. The van der Waals surface area contributed by atoms with Crippen LogP contribution in [0.2, 0.25) is 5.02 Å². The molecule has 2 amide bonds. The second-order valence-electron chi connectivity index (χ2n) is 7.37. The van der Waals surface area contributed by atoms with Crippen molar-refractivity contribution in [3.63, 3.8) is 0 Å². The topological polar surface area (TPSA) is 58.6 Å². The van der Waals surface area contributed by atoms with E-state index in [-0.39, 0.29) is 11.8 Å². The van der Waals surface area contributed by atoms with Crippen LogP contribution in [0, 0.1) is 0 Å². The molecule has 0 saturated heterocycles. The number of hydrogen-bond donors (Lipinski definition) is 1. The van der Waals surface area contributed by atoms with Gasteiger partial charge in [-0.3, -0.25) is 14.5 Å². The van der Waals surface area contributed by atoms with Crippen molar-refractivity contribution in [2.45, 2.75) is 19.8 Å². The summed E-state index contributed by atoms with van der Waals surface area (Å²) in [6, 6.07) is 18.6. The molecule has 0 aliphatic carbocycles. The number of halogens is 1. The molecule has 1 aliphatic rings. The molecule has 0 bridgehead atoms. The van der Waals surface area contributed by atoms with Crippen molar-refractivity contribution in [2.24, 2.45) is 0 Å². The Hall–Kier alpha value is -3.09. The summed E-state index contributed by atoms with van der Waals surface area (Å²) in [5, 5.41) is 5.74. The first-order valence-electron chi connectivity index (χ1n) is 10.5. The molecule has 1 aromatic heterocycles. The van der Waals surface area contributed by atoms with Crippen molar-refractivity contribution >= 4 is 46.0 Å². The van der Waals surface area contributed by atoms with Gasteiger partial charge in [0.25, 0.3) is 11.8 Å². The number of benzene rings is 2. The van der Waals surface area contributed by atoms with Crippen molar-refractivity contribution in [1.29, 1.82) is 0 Å². The lowest BCUT2D eigenvalue weighted by Crippen LogP contribution is -2.34. The van der Waals surface area contributed by atoms with Gasteiger partial charge in [-0.25, -0.2) is 0 Å². The first-order valence-corrected chi connectivity index (χ1v) is 11.7. The lowest BCUT2D eigenvalue weighted by Gasteiger charge is -2.15. The lowest BCUT2D eigenvalue weighted by atomic mass is 10.1. The number of carbonyl (C=O) groups is 2. The van der Waals surface area contributed by atoms with E-state index in [0.29, 0.717) is 47.3 Å². The number of imide groups is 1. The summed E-state index contributed by atoms with van der Waals surface area (Å²) in [6.07, 6.45) is 1.46. The predicted octanol–water partition coefficient (Wildman–Crippen LogP) is 5.63. The highest BCUT2D eigenvalue weighted by molar-refractivity contribution is 7.11. The second-order valence-corrected chi connectivity index (χ2v) is 8.75. The number of nitrogens with one attached hydrogen (secondary N) is 1. The highest BCUT2D eigenvalue weighted by atomic mass is 35.5. The van der Waals surface area contributed by atoms with E-state index >= 15 is 0 Å². The summed E-state index contributed by atoms with van der Waals surface area (Å²) in [7, 11) is 0. The fourth-order valence-electron chi connectivity index (χ4n) is 3.46. The number of anilines is 1. The normalized spacial score (nSPS) is 13.8. The average Bonchev–Trinajstić information content (AvgIpc) is 3.40. The molecule has 0 spiro atoms. The second kappa shape index (κ2) is 10.0. The van der Waals surface area contributed by atoms with Gasteiger partial charge in [0.15, 0.2) is 0 Å². The van der Waals surface area contributed by atoms with Crippen molar-refractivity contribution < 1.29 is 14.3 Å². The van der Waals surface area contributed by atoms with E-state index in [9.17, 15) is 9.59 Å². The van der Waals surface area contributed by atoms with Gasteiger partial charge in [0.2, 0.25) is 0 Å². The van der Waals surface area contributed by atoms with Crippen LogP contribution >= 0.6 is 22.9 Å². The molecular weight excluding hydrogens is 444 g/mol. The standard InChI is InChI=1S/C25H23ClN2O3S/c1-2-14-31-20-6-3-5-19(16-20)27-23-22(21-7-4-15-32-21)24(29)28(25(23)30)13-12-17-8-10-18(26)11-9-17/h3-11,15-16,27H,2,12-14H2,1H3. The molecule has 0 saturated carbocycles. The van der Waals surface area contributed by atoms with E-state index in [4.69, 9.17) is 16.3 Å². The third-order valence-electron chi connectivity index (χ3n) is 5.05. The Balaban J connectivity index is 1.58. The van der Waals surface area contributed by atoms with Crippen molar-refractivity contribution in [2.75, 3.05) is 18.5 Å². The van der Waals surface area contributed by atoms with E-state index in [0.717, 1.165) is 16.9 Å². The fourth-order valence-corrected chi connectivity index (χ4v) is 4.36. The first kappa shape index (κ1) is 22.1. The SMILES string of the molecule is CCCOc1cccc(NC2=C(c3cccs3)C(=O)N(CCc3ccc(Cl)cc3)C2=O)c1. The van der Waals surface area contributed by atoms with Gasteiger partial charge in [-0.2, -0.15) is 0 Å². The quantitative estimate of drug-likeness (QED) is 0.415. The van der Waals surface area contributed by atoms with Gasteiger partial charge in [-0.1, -0.05) is 42.8 Å². The Morgan fingerprint density at radius 3 is 2.56 bits per heavy atom. The van der Waals surface area contributed by atoms with E-state index in [1.165, 1.54) is 16.2 Å². The molecule has 32 heavy (non-hydrogen) atoms. The molecule has 7 heteroatoms. The van der Waals surface area contributed by atoms with E-state index in [1.54, 1.807) is 12.1 Å². The molecule has 3 aromatic rings. The average molecular weight is 467 g/mol. The molecule has 1 aliphatic heterocycles. The van der Waals surface area contributed by atoms with Crippen molar-refractivity contribution in [3.8, 4) is 5.75 Å². The van der Waals surface area contributed by atoms with E-state index < -0.39 is 0 Å². The van der Waals surface area contributed by atoms with Gasteiger partial charge >= 0.3 is 0 Å². The van der Waals surface area contributed by atoms with Gasteiger partial charge in [0, 0.05) is 28.2 Å². The molecule has 2 heterocycles. The zero-order valence-electron chi connectivity index (χ0n) is 17.6. The molecule has 1 N–H and O–H groups in total. The first-order chi connectivity index (χ1) is 15.6. The molecule has 164 valence electrons. The molecular formula is C25H23ClN2O3S. The number of ether oxygens (including phenoxy) is 1. The Kier molecular flexibility index (Phi) is 6.93. The highest BCUT2D eigenvalue weighted by Gasteiger charge is 2.39. The van der Waals surface area contributed by atoms with Crippen molar-refractivity contribution in [3.05, 3.63) is 87.2 Å².